The number of alkyl carbamates (subject to hydrolysis) is 2. The van der Waals surface area contributed by atoms with Crippen LogP contribution < -0.4 is 33.2 Å². The second-order valence-corrected chi connectivity index (χ2v) is 38.3. The van der Waals surface area contributed by atoms with Crippen molar-refractivity contribution in [2.45, 2.75) is 176 Å². The lowest BCUT2D eigenvalue weighted by atomic mass is 10.2. The molecule has 47 nitrogen and oxygen atoms in total. The normalized spacial score (nSPS) is 10.9. The zero-order valence-corrected chi connectivity index (χ0v) is 80.3. The van der Waals surface area contributed by atoms with Crippen molar-refractivity contribution in [1.82, 2.24) is 21.0 Å². The summed E-state index contributed by atoms with van der Waals surface area (Å²) in [5.74, 6) is -5.33. The van der Waals surface area contributed by atoms with E-state index < -0.39 is 137 Å². The summed E-state index contributed by atoms with van der Waals surface area (Å²) in [7, 11) is -20.0. The topological polar surface area (TPSA) is 722 Å². The molecule has 0 unspecified atom stereocenters. The molecule has 0 aromatic carbocycles. The van der Waals surface area contributed by atoms with Gasteiger partial charge in [0.1, 0.15) is 104 Å². The Morgan fingerprint density at radius 3 is 0.736 bits per heavy atom. The highest BCUT2D eigenvalue weighted by Crippen LogP contribution is 2.14. The second-order valence-electron chi connectivity index (χ2n) is 25.9. The van der Waals surface area contributed by atoms with Crippen LogP contribution in [0.15, 0.2) is 71.9 Å². The molecule has 0 bridgehead atoms. The van der Waals surface area contributed by atoms with E-state index >= 15 is 0 Å². The molecule has 752 valence electrons. The van der Waals surface area contributed by atoms with Gasteiger partial charge >= 0.3 is 54.2 Å². The summed E-state index contributed by atoms with van der Waals surface area (Å²) in [6.07, 6.45) is 2.15. The minimum absolute atomic E-state index is 0.0308. The van der Waals surface area contributed by atoms with Crippen LogP contribution in [0, 0.1) is 0 Å². The monoisotopic (exact) mass is 1980 g/mol. The van der Waals surface area contributed by atoms with Crippen molar-refractivity contribution in [2.75, 3.05) is 120 Å². The molecule has 53 heteroatoms. The van der Waals surface area contributed by atoms with Crippen LogP contribution in [0.4, 0.5) is 14.4 Å². The van der Waals surface area contributed by atoms with Crippen LogP contribution in [0.5, 0.6) is 0 Å². The Kier molecular flexibility index (Phi) is 105. The maximum atomic E-state index is 11.3. The fraction of sp³-hybridized carbons (Fsp3) is 0.605. The number of nitrogens with one attached hydrogen (secondary N) is 3. The Morgan fingerprint density at radius 2 is 0.535 bits per heavy atom. The van der Waals surface area contributed by atoms with Gasteiger partial charge in [0.05, 0.1) is 34.5 Å². The van der Waals surface area contributed by atoms with Gasteiger partial charge in [-0.1, -0.05) is 51.5 Å². The highest BCUT2D eigenvalue weighted by Gasteiger charge is 2.33. The van der Waals surface area contributed by atoms with Gasteiger partial charge in [0.2, 0.25) is 0 Å². The quantitative estimate of drug-likeness (QED) is 0.0220. The predicted molar refractivity (Wildman–Crippen MR) is 477 cm³/mol. The Morgan fingerprint density at radius 1 is 0.333 bits per heavy atom. The van der Waals surface area contributed by atoms with Crippen LogP contribution in [0.1, 0.15) is 159 Å². The third-order valence-corrected chi connectivity index (χ3v) is 19.5. The number of hydrogen-bond donors (Lipinski definition) is 6. The van der Waals surface area contributed by atoms with E-state index in [9.17, 15) is 103 Å². The number of carbonyl (C=O) groups is 18. The average molecular weight is 1980 g/mol. The van der Waals surface area contributed by atoms with Crippen LogP contribution >= 0.6 is 0 Å². The number of sulfone groups is 6. The van der Waals surface area contributed by atoms with Crippen molar-refractivity contribution >= 4 is 173 Å². The molecule has 129 heavy (non-hydrogen) atoms. The first-order chi connectivity index (χ1) is 60.0. The van der Waals surface area contributed by atoms with Gasteiger partial charge in [-0.25, -0.2) is 64.9 Å². The summed E-state index contributed by atoms with van der Waals surface area (Å²) in [5.41, 5.74) is 14.1. The first-order valence-corrected chi connectivity index (χ1v) is 47.8. The van der Waals surface area contributed by atoms with Crippen LogP contribution in [0.3, 0.4) is 0 Å². The van der Waals surface area contributed by atoms with Crippen molar-refractivity contribution in [3.8, 4) is 0 Å². The highest BCUT2D eigenvalue weighted by molar-refractivity contribution is 7.95. The van der Waals surface area contributed by atoms with Gasteiger partial charge in [0.15, 0.2) is 59.0 Å². The van der Waals surface area contributed by atoms with Crippen LogP contribution in [-0.4, -0.2) is 306 Å². The first kappa shape index (κ1) is 147. The fourth-order valence-corrected chi connectivity index (χ4v) is 9.25. The molecule has 1 heterocycles. The van der Waals surface area contributed by atoms with E-state index in [-0.39, 0.29) is 131 Å². The number of hydroxylamine groups is 2. The smallest absolute Gasteiger partial charge is 0.465 e. The summed E-state index contributed by atoms with van der Waals surface area (Å²) in [5, 5.41) is 13.3. The van der Waals surface area contributed by atoms with Gasteiger partial charge in [-0.3, -0.25) is 43.2 Å². The van der Waals surface area contributed by atoms with E-state index in [4.69, 9.17) is 79.2 Å². The van der Waals surface area contributed by atoms with E-state index in [0.717, 1.165) is 45.5 Å². The molecule has 1 rings (SSSR count). The third-order valence-electron chi connectivity index (χ3n) is 12.0. The number of carbonyl (C=O) groups excluding carboxylic acids is 18. The Balaban J connectivity index is -0.000000109. The number of hydrogen-bond acceptors (Lipinski definition) is 44. The van der Waals surface area contributed by atoms with Crippen molar-refractivity contribution in [3.05, 3.63) is 71.9 Å². The minimum atomic E-state index is -3.48. The molecule has 0 aromatic heterocycles. The van der Waals surface area contributed by atoms with Crippen LogP contribution in [0.25, 0.3) is 0 Å². The van der Waals surface area contributed by atoms with Gasteiger partial charge in [-0.05, 0) is 134 Å². The van der Waals surface area contributed by atoms with Crippen molar-refractivity contribution in [2.24, 2.45) is 17.2 Å². The van der Waals surface area contributed by atoms with Gasteiger partial charge < -0.3 is 109 Å². The number of esters is 6. The van der Waals surface area contributed by atoms with E-state index in [2.05, 4.69) is 74.5 Å². The van der Waals surface area contributed by atoms with Gasteiger partial charge in [-0.2, -0.15) is 0 Å². The average Bonchev–Trinajstić information content (AvgIpc) is 1.73. The van der Waals surface area contributed by atoms with Crippen LogP contribution in [-0.2, 0) is 178 Å². The Bertz CT molecular complexity index is 3700. The first-order valence-electron chi connectivity index (χ1n) is 37.6. The molecule has 0 aliphatic carbocycles. The fourth-order valence-electron chi connectivity index (χ4n) is 6.36. The summed E-state index contributed by atoms with van der Waals surface area (Å²) < 4.78 is 175. The standard InChI is InChI=1S/2C13H23NO6S.C10H19NO4S.C9H11NO7S.2C8H15NO4S.C8H17NO2.7CH2O/c2*1-5-21(17,18)10-9-19-11(15)7-6-8-14-12(16)20-13(2,3)4;1-3-11-7-5-6-10(12)15-8-9-16(13,14)4-2;1-2-18(14,15)6-5-16-9(13)17-10-7(11)3-4-8(10)12;2*1-2-14(11,12)7-6-13-8(10)4-3-5-9;1-8(2,3)11-7(10)5-4-6-9;7*1-2/h2*5H,1,6-10H2,2-4H3,(H,14,16);4,11H,2-3,5-9H2,1H3;2H,1,3-6H2;2*2H,1,3-7,9H2;4-6,9H2,1-3H3;7*1H2. The molecular formula is C76H137N7O40S6. The molecular weight excluding hydrogens is 1840 g/mol. The number of nitrogens with zero attached hydrogens (tertiary/aromatic N) is 1. The lowest BCUT2D eigenvalue weighted by Gasteiger charge is -2.19. The van der Waals surface area contributed by atoms with E-state index in [0.29, 0.717) is 76.1 Å². The number of nitrogens with two attached hydrogens (primary N) is 3. The van der Waals surface area contributed by atoms with Crippen molar-refractivity contribution < 1.29 is 184 Å². The predicted octanol–water partition coefficient (Wildman–Crippen LogP) is 2.45. The zero-order chi connectivity index (χ0) is 104. The summed E-state index contributed by atoms with van der Waals surface area (Å²) in [6, 6.07) is 0. The maximum absolute atomic E-state index is 11.3. The second kappa shape index (κ2) is 92.2. The molecule has 1 aliphatic heterocycles. The molecule has 0 atom stereocenters. The molecule has 0 spiro atoms. The van der Waals surface area contributed by atoms with Gasteiger partial charge in [-0.15, -0.1) is 0 Å². The molecule has 0 saturated carbocycles. The summed E-state index contributed by atoms with van der Waals surface area (Å²) >= 11 is 0. The molecule has 1 aliphatic rings. The lowest BCUT2D eigenvalue weighted by molar-refractivity contribution is -0.177. The lowest BCUT2D eigenvalue weighted by Crippen LogP contribution is -2.33. The number of ether oxygens (including phenoxy) is 9. The van der Waals surface area contributed by atoms with Crippen molar-refractivity contribution in [3.63, 3.8) is 0 Å². The van der Waals surface area contributed by atoms with E-state index in [1.54, 1.807) is 41.5 Å². The zero-order valence-electron chi connectivity index (χ0n) is 75.4. The number of amides is 4. The molecule has 4 amide bonds. The van der Waals surface area contributed by atoms with E-state index in [1.165, 1.54) is 0 Å². The third kappa shape index (κ3) is 122. The van der Waals surface area contributed by atoms with Gasteiger partial charge in [0.25, 0.3) is 11.8 Å². The number of imide groups is 1. The Labute approximate surface area is 758 Å². The van der Waals surface area contributed by atoms with E-state index in [1.807, 2.05) is 75.2 Å². The Hall–Kier alpha value is -10.6. The molecule has 0 radical (unpaired) electrons. The van der Waals surface area contributed by atoms with Crippen LogP contribution in [0.2, 0.25) is 0 Å². The molecule has 9 N–H and O–H groups in total. The van der Waals surface area contributed by atoms with Gasteiger partial charge in [0, 0.05) is 96.9 Å². The molecule has 0 aromatic rings. The molecule has 1 saturated heterocycles. The summed E-state index contributed by atoms with van der Waals surface area (Å²) in [6.45, 7) is 53.2. The highest BCUT2D eigenvalue weighted by atomic mass is 32.2. The minimum Gasteiger partial charge on any atom is -0.465 e. The molecule has 1 fully saturated rings. The SMILES string of the molecule is C=CS(=O)(=O)CCOC(=O)CCCN.C=CS(=O)(=O)CCOC(=O)CCCN.C=CS(=O)(=O)CCOC(=O)CCCNC(=O)OC(C)(C)C.C=CS(=O)(=O)CCOC(=O)CCCNC(=O)OC(C)(C)C.C=CS(=O)(=O)CCOC(=O)CCCNCC.C=CS(=O)(=O)CCOC(=O)ON1C(=O)CCC1=O.C=O.C=O.C=O.C=O.C=O.C=O.C=O.CC(C)(C)OC(=O)CCCN. The summed E-state index contributed by atoms with van der Waals surface area (Å²) in [4.78, 5) is 183. The van der Waals surface area contributed by atoms with Crippen molar-refractivity contribution in [1.29, 1.82) is 0 Å². The number of rotatable bonds is 47. The largest absolute Gasteiger partial charge is 0.533 e. The maximum Gasteiger partial charge on any atom is 0.533 e.